The van der Waals surface area contributed by atoms with Gasteiger partial charge in [0, 0.05) is 14.2 Å². The smallest absolute Gasteiger partial charge is 0.0781 e. The van der Waals surface area contributed by atoms with Gasteiger partial charge in [0.05, 0.1) is 64.6 Å². The van der Waals surface area contributed by atoms with Gasteiger partial charge in [-0.15, -0.1) is 0 Å². The van der Waals surface area contributed by atoms with Crippen molar-refractivity contribution in [2.24, 2.45) is 0 Å². The normalized spacial score (nSPS) is 14.0. The molecule has 0 bridgehead atoms. The maximum absolute atomic E-state index is 8.92. The largest absolute Gasteiger partial charge is 0.394 e. The van der Waals surface area contributed by atoms with Crippen molar-refractivity contribution < 1.29 is 39.4 Å². The molecule has 3 unspecified atom stereocenters. The van der Waals surface area contributed by atoms with Gasteiger partial charge in [0.2, 0.25) is 0 Å². The van der Waals surface area contributed by atoms with E-state index in [4.69, 9.17) is 29.9 Å². The summed E-state index contributed by atoms with van der Waals surface area (Å²) in [6.45, 7) is 6.80. The highest BCUT2D eigenvalue weighted by atomic mass is 16.5. The van der Waals surface area contributed by atoms with E-state index in [1.165, 1.54) is 0 Å². The Morgan fingerprint density at radius 3 is 1.57 bits per heavy atom. The van der Waals surface area contributed by atoms with E-state index >= 15 is 0 Å². The molecule has 0 fully saturated rings. The topological polar surface area (TPSA) is 118 Å². The van der Waals surface area contributed by atoms with Crippen molar-refractivity contribution in [2.45, 2.75) is 39.1 Å². The fraction of sp³-hybridized carbons (Fsp3) is 1.00. The fourth-order valence-corrected chi connectivity index (χ4v) is 0.935. The first-order chi connectivity index (χ1) is 10.9. The van der Waals surface area contributed by atoms with E-state index in [9.17, 15) is 0 Å². The highest BCUT2D eigenvalue weighted by Crippen LogP contribution is 1.97. The Labute approximate surface area is 139 Å². The number of rotatable bonds is 11. The maximum Gasteiger partial charge on any atom is 0.0781 e. The van der Waals surface area contributed by atoms with Crippen molar-refractivity contribution in [3.8, 4) is 0 Å². The minimum Gasteiger partial charge on any atom is -0.394 e. The van der Waals surface area contributed by atoms with E-state index < -0.39 is 6.10 Å². The first-order valence-electron chi connectivity index (χ1n) is 7.61. The predicted octanol–water partition coefficient (Wildman–Crippen LogP) is -0.580. The van der Waals surface area contributed by atoms with Gasteiger partial charge in [0.15, 0.2) is 0 Å². The van der Waals surface area contributed by atoms with Crippen LogP contribution in [0.15, 0.2) is 0 Å². The van der Waals surface area contributed by atoms with Crippen LogP contribution in [0.25, 0.3) is 0 Å². The zero-order valence-electron chi connectivity index (χ0n) is 15.1. The summed E-state index contributed by atoms with van der Waals surface area (Å²) in [6.07, 6.45) is -0.654. The van der Waals surface area contributed by atoms with Crippen molar-refractivity contribution in [3.63, 3.8) is 0 Å². The molecule has 0 saturated heterocycles. The van der Waals surface area contributed by atoms with E-state index in [-0.39, 0.29) is 32.0 Å². The van der Waals surface area contributed by atoms with E-state index in [0.717, 1.165) is 0 Å². The SMILES string of the molecule is CC(O)COC(C)COC(C)CO.COC.OCCOCCO. The van der Waals surface area contributed by atoms with E-state index in [0.29, 0.717) is 26.4 Å². The number of ether oxygens (including phenoxy) is 4. The minimum absolute atomic E-state index is 0.0170. The minimum atomic E-state index is -0.447. The van der Waals surface area contributed by atoms with Crippen LogP contribution in [0.3, 0.4) is 0 Å². The third-order valence-electron chi connectivity index (χ3n) is 1.97. The van der Waals surface area contributed by atoms with Crippen LogP contribution in [0, 0.1) is 0 Å². The predicted molar refractivity (Wildman–Crippen MR) is 87.5 cm³/mol. The molecule has 0 aromatic carbocycles. The molecular formula is C15H36O8. The number of hydrogen-bond donors (Lipinski definition) is 4. The summed E-state index contributed by atoms with van der Waals surface area (Å²) in [6, 6.07) is 0. The molecule has 8 nitrogen and oxygen atoms in total. The number of aliphatic hydroxyl groups is 4. The average molecular weight is 344 g/mol. The number of methoxy groups -OCH3 is 1. The van der Waals surface area contributed by atoms with Gasteiger partial charge >= 0.3 is 0 Å². The van der Waals surface area contributed by atoms with Gasteiger partial charge in [0.25, 0.3) is 0 Å². The third kappa shape index (κ3) is 34.2. The van der Waals surface area contributed by atoms with Crippen molar-refractivity contribution in [2.75, 3.05) is 60.5 Å². The summed E-state index contributed by atoms with van der Waals surface area (Å²) >= 11 is 0. The molecule has 0 aliphatic heterocycles. The Morgan fingerprint density at radius 1 is 0.783 bits per heavy atom. The molecule has 23 heavy (non-hydrogen) atoms. The molecule has 0 spiro atoms. The standard InChI is InChI=1S/C9H20O4.C4H10O3.C2H6O/c1-7(11)5-12-9(3)6-13-8(2)4-10;5-1-3-7-4-2-6;1-3-2/h7-11H,4-6H2,1-3H3;5-6H,1-4H2;1-2H3. The summed E-state index contributed by atoms with van der Waals surface area (Å²) in [5.74, 6) is 0. The van der Waals surface area contributed by atoms with Gasteiger partial charge in [-0.2, -0.15) is 0 Å². The molecule has 0 radical (unpaired) electrons. The summed E-state index contributed by atoms with van der Waals surface area (Å²) < 4.78 is 19.4. The second-order valence-corrected chi connectivity index (χ2v) is 4.79. The molecule has 4 N–H and O–H groups in total. The zero-order valence-corrected chi connectivity index (χ0v) is 15.1. The molecule has 0 amide bonds. The van der Waals surface area contributed by atoms with Gasteiger partial charge in [-0.3, -0.25) is 0 Å². The molecule has 0 rings (SSSR count). The van der Waals surface area contributed by atoms with E-state index in [1.807, 2.05) is 6.92 Å². The maximum atomic E-state index is 8.92. The van der Waals surface area contributed by atoms with Crippen LogP contribution in [0.2, 0.25) is 0 Å². The molecule has 0 aliphatic carbocycles. The van der Waals surface area contributed by atoms with Gasteiger partial charge < -0.3 is 39.4 Å². The van der Waals surface area contributed by atoms with Crippen molar-refractivity contribution in [1.82, 2.24) is 0 Å². The van der Waals surface area contributed by atoms with Gasteiger partial charge in [-0.25, -0.2) is 0 Å². The number of hydrogen-bond acceptors (Lipinski definition) is 8. The average Bonchev–Trinajstić information content (AvgIpc) is 2.52. The lowest BCUT2D eigenvalue weighted by Gasteiger charge is -2.16. The molecule has 0 aromatic heterocycles. The molecule has 0 saturated carbocycles. The van der Waals surface area contributed by atoms with Crippen LogP contribution in [0.4, 0.5) is 0 Å². The summed E-state index contributed by atoms with van der Waals surface area (Å²) in [4.78, 5) is 0. The van der Waals surface area contributed by atoms with Crippen molar-refractivity contribution in [3.05, 3.63) is 0 Å². The summed E-state index contributed by atoms with van der Waals surface area (Å²) in [5.41, 5.74) is 0. The Balaban J connectivity index is -0.000000335. The third-order valence-corrected chi connectivity index (χ3v) is 1.97. The van der Waals surface area contributed by atoms with Crippen LogP contribution in [-0.4, -0.2) is 99.2 Å². The van der Waals surface area contributed by atoms with Crippen LogP contribution in [-0.2, 0) is 18.9 Å². The molecule has 0 aromatic rings. The van der Waals surface area contributed by atoms with Crippen LogP contribution in [0.1, 0.15) is 20.8 Å². The molecular weight excluding hydrogens is 308 g/mol. The molecule has 0 aliphatic rings. The summed E-state index contributed by atoms with van der Waals surface area (Å²) in [7, 11) is 3.25. The summed E-state index contributed by atoms with van der Waals surface area (Å²) in [5, 5.41) is 33.8. The fourth-order valence-electron chi connectivity index (χ4n) is 0.935. The highest BCUT2D eigenvalue weighted by molar-refractivity contribution is 4.52. The molecule has 8 heteroatoms. The Bertz CT molecular complexity index is 188. The first-order valence-corrected chi connectivity index (χ1v) is 7.61. The van der Waals surface area contributed by atoms with Crippen molar-refractivity contribution >= 4 is 0 Å². The lowest BCUT2D eigenvalue weighted by atomic mass is 10.4. The molecule has 0 heterocycles. The van der Waals surface area contributed by atoms with Crippen molar-refractivity contribution in [1.29, 1.82) is 0 Å². The van der Waals surface area contributed by atoms with Crippen LogP contribution < -0.4 is 0 Å². The Morgan fingerprint density at radius 2 is 1.22 bits per heavy atom. The van der Waals surface area contributed by atoms with Gasteiger partial charge in [-0.05, 0) is 20.8 Å². The number of aliphatic hydroxyl groups excluding tert-OH is 4. The molecule has 144 valence electrons. The second kappa shape index (κ2) is 23.9. The lowest BCUT2D eigenvalue weighted by molar-refractivity contribution is -0.0620. The van der Waals surface area contributed by atoms with Gasteiger partial charge in [0.1, 0.15) is 0 Å². The quantitative estimate of drug-likeness (QED) is 0.368. The Hall–Kier alpha value is -0.320. The zero-order chi connectivity index (χ0) is 18.5. The van der Waals surface area contributed by atoms with Crippen LogP contribution >= 0.6 is 0 Å². The molecule has 3 atom stereocenters. The highest BCUT2D eigenvalue weighted by Gasteiger charge is 2.06. The lowest BCUT2D eigenvalue weighted by Crippen LogP contribution is -2.24. The van der Waals surface area contributed by atoms with E-state index in [2.05, 4.69) is 9.47 Å². The second-order valence-electron chi connectivity index (χ2n) is 4.79. The first kappa shape index (κ1) is 27.5. The van der Waals surface area contributed by atoms with Gasteiger partial charge in [-0.1, -0.05) is 0 Å². The van der Waals surface area contributed by atoms with E-state index in [1.54, 1.807) is 28.1 Å². The van der Waals surface area contributed by atoms with Crippen LogP contribution in [0.5, 0.6) is 0 Å². The monoisotopic (exact) mass is 344 g/mol. The Kier molecular flexibility index (Phi) is 28.6.